The van der Waals surface area contributed by atoms with E-state index in [-0.39, 0.29) is 6.42 Å². The summed E-state index contributed by atoms with van der Waals surface area (Å²) in [5, 5.41) is 6.77. The fourth-order valence-electron chi connectivity index (χ4n) is 2.79. The van der Waals surface area contributed by atoms with Gasteiger partial charge in [-0.1, -0.05) is 12.1 Å². The Morgan fingerprint density at radius 3 is 2.79 bits per heavy atom. The minimum absolute atomic E-state index is 0.0106. The average molecular weight is 383 g/mol. The Bertz CT molecular complexity index is 1010. The molecule has 0 fully saturated rings. The molecule has 1 N–H and O–H groups in total. The molecule has 1 aromatic carbocycles. The zero-order chi connectivity index (χ0) is 20.1. The normalized spacial score (nSPS) is 10.7. The molecule has 0 radical (unpaired) electrons. The van der Waals surface area contributed by atoms with Crippen LogP contribution >= 0.6 is 0 Å². The minimum atomic E-state index is -0.527. The van der Waals surface area contributed by atoms with E-state index < -0.39 is 18.5 Å². The molecule has 0 atom stereocenters. The maximum absolute atomic E-state index is 12.2. The second kappa shape index (κ2) is 8.47. The van der Waals surface area contributed by atoms with E-state index in [1.54, 1.807) is 29.6 Å². The first-order valence-corrected chi connectivity index (χ1v) is 8.82. The summed E-state index contributed by atoms with van der Waals surface area (Å²) in [5.74, 6) is 0.0575. The van der Waals surface area contributed by atoms with Crippen molar-refractivity contribution in [3.8, 4) is 5.75 Å². The quantitative estimate of drug-likeness (QED) is 0.621. The molecule has 28 heavy (non-hydrogen) atoms. The number of esters is 1. The highest BCUT2D eigenvalue weighted by Crippen LogP contribution is 2.23. The monoisotopic (exact) mass is 383 g/mol. The molecule has 3 rings (SSSR count). The number of nitrogens with zero attached hydrogens (tertiary/aromatic N) is 4. The summed E-state index contributed by atoms with van der Waals surface area (Å²) in [6, 6.07) is 7.06. The number of aromatic nitrogens is 4. The molecule has 0 saturated carbocycles. The molecule has 0 unspecified atom stereocenters. The van der Waals surface area contributed by atoms with E-state index in [0.29, 0.717) is 35.1 Å². The molecular weight excluding hydrogens is 362 g/mol. The lowest BCUT2D eigenvalue weighted by Crippen LogP contribution is -2.22. The Kier molecular flexibility index (Phi) is 5.83. The van der Waals surface area contributed by atoms with Crippen LogP contribution in [0, 0.1) is 13.8 Å². The van der Waals surface area contributed by atoms with Crippen LogP contribution in [0.2, 0.25) is 0 Å². The number of nitrogens with one attached hydrogen (secondary N) is 1. The van der Waals surface area contributed by atoms with E-state index in [2.05, 4.69) is 20.4 Å². The van der Waals surface area contributed by atoms with Gasteiger partial charge in [-0.3, -0.25) is 9.59 Å². The fraction of sp³-hybridized carbons (Fsp3) is 0.316. The molecular formula is C19H21N5O4. The molecule has 0 saturated heterocycles. The van der Waals surface area contributed by atoms with Gasteiger partial charge >= 0.3 is 5.97 Å². The van der Waals surface area contributed by atoms with Crippen molar-refractivity contribution in [3.63, 3.8) is 0 Å². The number of ether oxygens (including phenoxy) is 2. The van der Waals surface area contributed by atoms with Crippen molar-refractivity contribution in [3.05, 3.63) is 47.5 Å². The van der Waals surface area contributed by atoms with Crippen molar-refractivity contribution in [2.45, 2.75) is 27.2 Å². The number of anilines is 1. The first-order chi connectivity index (χ1) is 13.5. The minimum Gasteiger partial charge on any atom is -0.492 e. The maximum atomic E-state index is 12.2. The molecule has 2 heterocycles. The maximum Gasteiger partial charge on any atom is 0.310 e. The first kappa shape index (κ1) is 19.3. The summed E-state index contributed by atoms with van der Waals surface area (Å²) >= 11 is 0. The molecule has 1 amide bonds. The van der Waals surface area contributed by atoms with E-state index in [4.69, 9.17) is 9.47 Å². The smallest absolute Gasteiger partial charge is 0.310 e. The summed E-state index contributed by atoms with van der Waals surface area (Å²) in [6.45, 7) is 5.56. The van der Waals surface area contributed by atoms with Crippen molar-refractivity contribution in [2.75, 3.05) is 18.5 Å². The van der Waals surface area contributed by atoms with Crippen LogP contribution in [-0.2, 0) is 20.7 Å². The van der Waals surface area contributed by atoms with Gasteiger partial charge in [0.1, 0.15) is 12.1 Å². The van der Waals surface area contributed by atoms with Gasteiger partial charge in [-0.2, -0.15) is 10.1 Å². The zero-order valence-corrected chi connectivity index (χ0v) is 15.9. The highest BCUT2D eigenvalue weighted by molar-refractivity contribution is 5.94. The van der Waals surface area contributed by atoms with E-state index in [1.165, 1.54) is 6.33 Å². The molecule has 9 nitrogen and oxygen atoms in total. The Labute approximate surface area is 161 Å². The van der Waals surface area contributed by atoms with Gasteiger partial charge in [0.15, 0.2) is 6.61 Å². The second-order valence-corrected chi connectivity index (χ2v) is 6.05. The number of hydrogen-bond acceptors (Lipinski definition) is 7. The Hall–Kier alpha value is -3.49. The number of para-hydroxylation sites is 2. The summed E-state index contributed by atoms with van der Waals surface area (Å²) in [4.78, 5) is 32.7. The standard InChI is InChI=1S/C19H21N5O4/c1-4-27-16-8-6-5-7-15(16)23-17(25)10-28-18(26)9-14-12(2)22-19-20-11-21-24(19)13(14)3/h5-8,11H,4,9-10H2,1-3H3,(H,23,25). The average Bonchev–Trinajstić information content (AvgIpc) is 3.14. The lowest BCUT2D eigenvalue weighted by Gasteiger charge is -2.12. The van der Waals surface area contributed by atoms with E-state index in [1.807, 2.05) is 19.9 Å². The van der Waals surface area contributed by atoms with Gasteiger partial charge in [0.2, 0.25) is 0 Å². The number of amides is 1. The molecule has 3 aromatic rings. The third-order valence-electron chi connectivity index (χ3n) is 4.13. The largest absolute Gasteiger partial charge is 0.492 e. The molecule has 146 valence electrons. The van der Waals surface area contributed by atoms with Gasteiger partial charge in [0, 0.05) is 17.0 Å². The SMILES string of the molecule is CCOc1ccccc1NC(=O)COC(=O)Cc1c(C)nc2ncnn2c1C. The van der Waals surface area contributed by atoms with E-state index in [0.717, 1.165) is 5.69 Å². The second-order valence-electron chi connectivity index (χ2n) is 6.05. The molecule has 0 spiro atoms. The van der Waals surface area contributed by atoms with Crippen LogP contribution < -0.4 is 10.1 Å². The molecule has 0 bridgehead atoms. The lowest BCUT2D eigenvalue weighted by atomic mass is 10.1. The van der Waals surface area contributed by atoms with Crippen LogP contribution in [0.4, 0.5) is 5.69 Å². The number of carbonyl (C=O) groups excluding carboxylic acids is 2. The highest BCUT2D eigenvalue weighted by Gasteiger charge is 2.16. The Morgan fingerprint density at radius 2 is 2.00 bits per heavy atom. The van der Waals surface area contributed by atoms with Crippen molar-refractivity contribution in [1.29, 1.82) is 0 Å². The summed E-state index contributed by atoms with van der Waals surface area (Å²) in [6.07, 6.45) is 1.39. The number of rotatable bonds is 7. The molecule has 0 aliphatic rings. The van der Waals surface area contributed by atoms with Gasteiger partial charge in [-0.15, -0.1) is 0 Å². The Balaban J connectivity index is 1.60. The van der Waals surface area contributed by atoms with Crippen molar-refractivity contribution >= 4 is 23.3 Å². The summed E-state index contributed by atoms with van der Waals surface area (Å²) < 4.78 is 12.1. The predicted octanol–water partition coefficient (Wildman–Crippen LogP) is 1.86. The predicted molar refractivity (Wildman–Crippen MR) is 101 cm³/mol. The van der Waals surface area contributed by atoms with Crippen LogP contribution in [0.1, 0.15) is 23.9 Å². The zero-order valence-electron chi connectivity index (χ0n) is 15.9. The van der Waals surface area contributed by atoms with Crippen LogP contribution in [0.25, 0.3) is 5.78 Å². The third-order valence-corrected chi connectivity index (χ3v) is 4.13. The topological polar surface area (TPSA) is 108 Å². The molecule has 9 heteroatoms. The molecule has 0 aliphatic heterocycles. The van der Waals surface area contributed by atoms with E-state index >= 15 is 0 Å². The van der Waals surface area contributed by atoms with Crippen LogP contribution in [0.3, 0.4) is 0 Å². The Morgan fingerprint density at radius 1 is 1.21 bits per heavy atom. The van der Waals surface area contributed by atoms with Crippen LogP contribution in [0.5, 0.6) is 5.75 Å². The van der Waals surface area contributed by atoms with E-state index in [9.17, 15) is 9.59 Å². The van der Waals surface area contributed by atoms with Crippen LogP contribution in [-0.4, -0.2) is 44.7 Å². The van der Waals surface area contributed by atoms with Crippen molar-refractivity contribution in [1.82, 2.24) is 19.6 Å². The number of carbonyl (C=O) groups is 2. The van der Waals surface area contributed by atoms with Crippen LogP contribution in [0.15, 0.2) is 30.6 Å². The van der Waals surface area contributed by atoms with Crippen molar-refractivity contribution in [2.24, 2.45) is 0 Å². The highest BCUT2D eigenvalue weighted by atomic mass is 16.5. The molecule has 0 aliphatic carbocycles. The summed E-state index contributed by atoms with van der Waals surface area (Å²) in [5.41, 5.74) is 2.65. The first-order valence-electron chi connectivity index (χ1n) is 8.82. The van der Waals surface area contributed by atoms with Gasteiger partial charge in [0.25, 0.3) is 11.7 Å². The molecule has 2 aromatic heterocycles. The number of hydrogen-bond donors (Lipinski definition) is 1. The van der Waals surface area contributed by atoms with Gasteiger partial charge < -0.3 is 14.8 Å². The van der Waals surface area contributed by atoms with Crippen molar-refractivity contribution < 1.29 is 19.1 Å². The summed E-state index contributed by atoms with van der Waals surface area (Å²) in [7, 11) is 0. The number of benzene rings is 1. The third kappa shape index (κ3) is 4.25. The van der Waals surface area contributed by atoms with Gasteiger partial charge in [-0.05, 0) is 32.9 Å². The van der Waals surface area contributed by atoms with Gasteiger partial charge in [0.05, 0.1) is 18.7 Å². The number of fused-ring (bicyclic) bond motifs is 1. The van der Waals surface area contributed by atoms with Gasteiger partial charge in [-0.25, -0.2) is 9.50 Å². The fourth-order valence-corrected chi connectivity index (χ4v) is 2.79. The lowest BCUT2D eigenvalue weighted by molar-refractivity contribution is -0.146. The number of aryl methyl sites for hydroxylation is 2.